The van der Waals surface area contributed by atoms with Crippen LogP contribution in [0.15, 0.2) is 30.3 Å². The topological polar surface area (TPSA) is 55.8 Å². The fourth-order valence-corrected chi connectivity index (χ4v) is 11.5. The van der Waals surface area contributed by atoms with Gasteiger partial charge in [0.2, 0.25) is 0 Å². The van der Waals surface area contributed by atoms with Crippen molar-refractivity contribution in [2.75, 3.05) is 18.1 Å². The Hall–Kier alpha value is -3.27. The summed E-state index contributed by atoms with van der Waals surface area (Å²) in [6, 6.07) is 8.71. The predicted octanol–water partition coefficient (Wildman–Crippen LogP) is 15.9. The fourth-order valence-electron chi connectivity index (χ4n) is 7.61. The standard InChI is InChI=1S/C47H60FNO4S3.C2H6/c1-12-16-18-28(14-3)25-52-38-31-23-34(54-40(31)39(53-26-29(15-4)19-17-13-2)32-24-35(46(6,7)8)55-41(32)38)42-36-37(43(56-42)47(9,10)11)45(51)49(44(36)50)33-21-20-30(48)22-27(33)5;1-2/h20-24,28-29H,12-19,25-26H2,1-11H3;1-2H3. The van der Waals surface area contributed by atoms with Gasteiger partial charge in [-0.05, 0) is 78.3 Å². The number of carbonyl (C=O) groups excluding carboxylic acids is 2. The molecule has 9 heteroatoms. The fraction of sp³-hybridized carbons (Fsp3) is 0.551. The Labute approximate surface area is 359 Å². The number of benzene rings is 2. The highest BCUT2D eigenvalue weighted by Crippen LogP contribution is 2.55. The first kappa shape index (κ1) is 45.8. The molecule has 2 atom stereocenters. The molecule has 58 heavy (non-hydrogen) atoms. The molecule has 4 heterocycles. The van der Waals surface area contributed by atoms with E-state index in [-0.39, 0.29) is 17.2 Å². The minimum atomic E-state index is -0.405. The van der Waals surface area contributed by atoms with Crippen molar-refractivity contribution in [2.24, 2.45) is 11.8 Å². The molecule has 0 fully saturated rings. The van der Waals surface area contributed by atoms with Crippen molar-refractivity contribution >= 4 is 71.7 Å². The van der Waals surface area contributed by atoms with Crippen molar-refractivity contribution in [1.82, 2.24) is 0 Å². The van der Waals surface area contributed by atoms with Crippen molar-refractivity contribution in [3.05, 3.63) is 62.6 Å². The number of amides is 2. The molecular formula is C49H66FNO4S3. The van der Waals surface area contributed by atoms with Crippen molar-refractivity contribution in [3.63, 3.8) is 0 Å². The summed E-state index contributed by atoms with van der Waals surface area (Å²) >= 11 is 4.96. The van der Waals surface area contributed by atoms with Gasteiger partial charge in [0, 0.05) is 25.4 Å². The lowest BCUT2D eigenvalue weighted by molar-refractivity contribution is 0.0925. The Balaban J connectivity index is 0.00000315. The van der Waals surface area contributed by atoms with Gasteiger partial charge in [-0.3, -0.25) is 9.59 Å². The Morgan fingerprint density at radius 2 is 1.24 bits per heavy atom. The van der Waals surface area contributed by atoms with Crippen LogP contribution in [0.25, 0.3) is 29.9 Å². The van der Waals surface area contributed by atoms with Gasteiger partial charge in [0.25, 0.3) is 11.8 Å². The van der Waals surface area contributed by atoms with Crippen LogP contribution >= 0.6 is 34.0 Å². The smallest absolute Gasteiger partial charge is 0.267 e. The first-order chi connectivity index (χ1) is 27.5. The molecule has 316 valence electrons. The molecule has 3 aromatic heterocycles. The third kappa shape index (κ3) is 9.22. The second kappa shape index (κ2) is 19.0. The number of fused-ring (bicyclic) bond motifs is 3. The number of unbranched alkanes of at least 4 members (excludes halogenated alkanes) is 2. The number of hydrogen-bond donors (Lipinski definition) is 0. The van der Waals surface area contributed by atoms with E-state index in [1.165, 1.54) is 52.2 Å². The zero-order valence-corrected chi connectivity index (χ0v) is 39.7. The largest absolute Gasteiger partial charge is 0.491 e. The van der Waals surface area contributed by atoms with Gasteiger partial charge in [-0.15, -0.1) is 34.0 Å². The zero-order chi connectivity index (χ0) is 42.7. The van der Waals surface area contributed by atoms with Gasteiger partial charge in [0.1, 0.15) is 17.3 Å². The number of hydrogen-bond acceptors (Lipinski definition) is 7. The summed E-state index contributed by atoms with van der Waals surface area (Å²) in [5, 5.41) is 2.07. The van der Waals surface area contributed by atoms with Gasteiger partial charge < -0.3 is 9.47 Å². The molecule has 0 N–H and O–H groups in total. The number of anilines is 1. The number of aryl methyl sites for hydroxylation is 1. The van der Waals surface area contributed by atoms with Gasteiger partial charge >= 0.3 is 0 Å². The highest BCUT2D eigenvalue weighted by Gasteiger charge is 2.45. The number of rotatable bonds is 16. The van der Waals surface area contributed by atoms with Gasteiger partial charge in [-0.25, -0.2) is 9.29 Å². The molecule has 1 aliphatic rings. The predicted molar refractivity (Wildman–Crippen MR) is 249 cm³/mol. The third-order valence-electron chi connectivity index (χ3n) is 11.2. The number of ether oxygens (including phenoxy) is 2. The van der Waals surface area contributed by atoms with Crippen LogP contribution < -0.4 is 14.4 Å². The average molecular weight is 848 g/mol. The van der Waals surface area contributed by atoms with Crippen LogP contribution in [-0.4, -0.2) is 25.0 Å². The lowest BCUT2D eigenvalue weighted by Crippen LogP contribution is -2.31. The highest BCUT2D eigenvalue weighted by atomic mass is 32.1. The minimum absolute atomic E-state index is 0.0560. The minimum Gasteiger partial charge on any atom is -0.491 e. The molecule has 1 aliphatic heterocycles. The van der Waals surface area contributed by atoms with Crippen LogP contribution in [0.1, 0.15) is 170 Å². The molecule has 0 aliphatic carbocycles. The van der Waals surface area contributed by atoms with E-state index in [9.17, 15) is 14.0 Å². The molecule has 5 nitrogen and oxygen atoms in total. The molecule has 2 amide bonds. The van der Waals surface area contributed by atoms with E-state index >= 15 is 0 Å². The molecule has 0 saturated heterocycles. The van der Waals surface area contributed by atoms with E-state index in [2.05, 4.69) is 81.4 Å². The van der Waals surface area contributed by atoms with Crippen molar-refractivity contribution in [1.29, 1.82) is 0 Å². The maximum Gasteiger partial charge on any atom is 0.267 e. The van der Waals surface area contributed by atoms with Crippen LogP contribution in [0.5, 0.6) is 11.5 Å². The van der Waals surface area contributed by atoms with Gasteiger partial charge in [0.15, 0.2) is 0 Å². The van der Waals surface area contributed by atoms with E-state index in [1.807, 2.05) is 13.8 Å². The van der Waals surface area contributed by atoms with E-state index in [4.69, 9.17) is 9.47 Å². The van der Waals surface area contributed by atoms with Crippen LogP contribution in [0.3, 0.4) is 0 Å². The quantitative estimate of drug-likeness (QED) is 0.0928. The van der Waals surface area contributed by atoms with E-state index in [0.717, 1.165) is 84.8 Å². The maximum absolute atomic E-state index is 14.6. The summed E-state index contributed by atoms with van der Waals surface area (Å²) in [4.78, 5) is 34.0. The van der Waals surface area contributed by atoms with Crippen LogP contribution in [0, 0.1) is 24.6 Å². The zero-order valence-electron chi connectivity index (χ0n) is 37.3. The summed E-state index contributed by atoms with van der Waals surface area (Å²) in [5.41, 5.74) is 1.37. The summed E-state index contributed by atoms with van der Waals surface area (Å²) in [6.07, 6.45) is 9.01. The second-order valence-corrected chi connectivity index (χ2v) is 20.8. The van der Waals surface area contributed by atoms with Crippen LogP contribution in [0.2, 0.25) is 0 Å². The SMILES string of the molecule is CC.CCCCC(CC)COc1c2cc(C(C)(C)C)sc2c(OCC(CC)CCCC)c2cc(-c3sc(C(C)(C)C)c4c3C(=O)N(c3ccc(F)cc3C)C4=O)sc12. The highest BCUT2D eigenvalue weighted by molar-refractivity contribution is 7.27. The Kier molecular flexibility index (Phi) is 15.0. The first-order valence-electron chi connectivity index (χ1n) is 21.6. The number of carbonyl (C=O) groups is 2. The molecule has 0 spiro atoms. The van der Waals surface area contributed by atoms with E-state index in [0.29, 0.717) is 47.4 Å². The molecule has 0 radical (unpaired) electrons. The number of thiophene rings is 3. The van der Waals surface area contributed by atoms with E-state index < -0.39 is 11.2 Å². The molecule has 6 rings (SSSR count). The summed E-state index contributed by atoms with van der Waals surface area (Å²) in [5.74, 6) is 1.52. The third-order valence-corrected chi connectivity index (χ3v) is 15.7. The van der Waals surface area contributed by atoms with Crippen molar-refractivity contribution in [3.8, 4) is 21.3 Å². The van der Waals surface area contributed by atoms with Crippen LogP contribution in [-0.2, 0) is 10.8 Å². The Morgan fingerprint density at radius 3 is 1.74 bits per heavy atom. The van der Waals surface area contributed by atoms with E-state index in [1.54, 1.807) is 29.6 Å². The van der Waals surface area contributed by atoms with Crippen LogP contribution in [0.4, 0.5) is 10.1 Å². The molecule has 2 aromatic carbocycles. The average Bonchev–Trinajstić information content (AvgIpc) is 3.96. The number of imide groups is 1. The lowest BCUT2D eigenvalue weighted by Gasteiger charge is -2.20. The maximum atomic E-state index is 14.6. The Morgan fingerprint density at radius 1 is 0.707 bits per heavy atom. The monoisotopic (exact) mass is 847 g/mol. The second-order valence-electron chi connectivity index (χ2n) is 17.7. The summed E-state index contributed by atoms with van der Waals surface area (Å²) in [7, 11) is 0. The number of nitrogens with zero attached hydrogens (tertiary/aromatic N) is 1. The normalized spacial score (nSPS) is 14.3. The molecular weight excluding hydrogens is 782 g/mol. The molecule has 0 saturated carbocycles. The van der Waals surface area contributed by atoms with Gasteiger partial charge in [-0.2, -0.15) is 0 Å². The molecule has 5 aromatic rings. The van der Waals surface area contributed by atoms with Crippen molar-refractivity contribution < 1.29 is 23.5 Å². The lowest BCUT2D eigenvalue weighted by atomic mass is 9.90. The summed E-state index contributed by atoms with van der Waals surface area (Å²) in [6.45, 7) is 29.0. The first-order valence-corrected chi connectivity index (χ1v) is 24.1. The summed E-state index contributed by atoms with van der Waals surface area (Å²) < 4.78 is 30.3. The Bertz CT molecular complexity index is 2150. The molecule has 2 unspecified atom stereocenters. The molecule has 0 bridgehead atoms. The van der Waals surface area contributed by atoms with Gasteiger partial charge in [-0.1, -0.05) is 122 Å². The van der Waals surface area contributed by atoms with Gasteiger partial charge in [0.05, 0.1) is 44.3 Å². The number of halogens is 1. The van der Waals surface area contributed by atoms with Crippen molar-refractivity contribution in [2.45, 2.75) is 152 Å².